The van der Waals surface area contributed by atoms with Crippen LogP contribution in [-0.4, -0.2) is 63.8 Å². The Kier molecular flexibility index (Phi) is 6.93. The van der Waals surface area contributed by atoms with Crippen LogP contribution >= 0.6 is 0 Å². The Balaban J connectivity index is 1.87. The van der Waals surface area contributed by atoms with Crippen LogP contribution in [0.1, 0.15) is 31.7 Å². The molecular weight excluding hydrogens is 402 g/mol. The zero-order chi connectivity index (χ0) is 21.0. The fourth-order valence-corrected chi connectivity index (χ4v) is 5.12. The third kappa shape index (κ3) is 6.63. The summed E-state index contributed by atoms with van der Waals surface area (Å²) in [6.45, 7) is 2.89. The third-order valence-corrected chi connectivity index (χ3v) is 7.88. The molecule has 1 amide bonds. The van der Waals surface area contributed by atoms with Crippen LogP contribution in [0.15, 0.2) is 35.2 Å². The standard InChI is InChI=1S/C19H27NO6S2/c1-19(9-12-20(13-10-19)18(21)22)11-15-28(25,26)14-3-4-16-5-7-17(8-6-16)27(2,23)24/h3-8H,9-15H2,1-2H3,(H,21,22). The van der Waals surface area contributed by atoms with Gasteiger partial charge < -0.3 is 10.0 Å². The maximum atomic E-state index is 12.3. The van der Waals surface area contributed by atoms with Gasteiger partial charge in [-0.15, -0.1) is 0 Å². The first-order valence-corrected chi connectivity index (χ1v) is 12.8. The first-order chi connectivity index (χ1) is 12.9. The number of piperidine rings is 1. The second-order valence-corrected chi connectivity index (χ2v) is 11.9. The lowest BCUT2D eigenvalue weighted by molar-refractivity contribution is 0.0959. The molecule has 7 nitrogen and oxygen atoms in total. The summed E-state index contributed by atoms with van der Waals surface area (Å²) in [5.41, 5.74) is 0.570. The zero-order valence-corrected chi connectivity index (χ0v) is 17.8. The van der Waals surface area contributed by atoms with E-state index >= 15 is 0 Å². The number of amides is 1. The highest BCUT2D eigenvalue weighted by Gasteiger charge is 2.32. The summed E-state index contributed by atoms with van der Waals surface area (Å²) in [5.74, 6) is -0.0217. The lowest BCUT2D eigenvalue weighted by Gasteiger charge is -2.38. The molecular formula is C19H27NO6S2. The van der Waals surface area contributed by atoms with Crippen molar-refractivity contribution in [2.45, 2.75) is 31.1 Å². The number of nitrogens with zero attached hydrogens (tertiary/aromatic N) is 1. The molecule has 2 rings (SSSR count). The zero-order valence-electron chi connectivity index (χ0n) is 16.2. The van der Waals surface area contributed by atoms with Crippen molar-refractivity contribution in [2.24, 2.45) is 5.41 Å². The highest BCUT2D eigenvalue weighted by molar-refractivity contribution is 7.91. The Morgan fingerprint density at radius 2 is 1.71 bits per heavy atom. The van der Waals surface area contributed by atoms with Gasteiger partial charge in [0.1, 0.15) is 0 Å². The van der Waals surface area contributed by atoms with Crippen LogP contribution in [0.3, 0.4) is 0 Å². The lowest BCUT2D eigenvalue weighted by Crippen LogP contribution is -2.42. The molecule has 1 N–H and O–H groups in total. The van der Waals surface area contributed by atoms with Crippen molar-refractivity contribution in [3.05, 3.63) is 35.9 Å². The van der Waals surface area contributed by atoms with Gasteiger partial charge in [-0.25, -0.2) is 21.6 Å². The predicted octanol–water partition coefficient (Wildman–Crippen LogP) is 2.69. The van der Waals surface area contributed by atoms with Crippen LogP contribution in [0.4, 0.5) is 4.79 Å². The van der Waals surface area contributed by atoms with Gasteiger partial charge in [0.2, 0.25) is 0 Å². The summed E-state index contributed by atoms with van der Waals surface area (Å²) < 4.78 is 47.5. The first-order valence-electron chi connectivity index (χ1n) is 9.05. The van der Waals surface area contributed by atoms with E-state index < -0.39 is 25.8 Å². The van der Waals surface area contributed by atoms with E-state index in [1.54, 1.807) is 24.3 Å². The number of rotatable bonds is 7. The summed E-state index contributed by atoms with van der Waals surface area (Å²) >= 11 is 0. The predicted molar refractivity (Wildman–Crippen MR) is 109 cm³/mol. The molecule has 1 heterocycles. The largest absolute Gasteiger partial charge is 0.465 e. The lowest BCUT2D eigenvalue weighted by atomic mass is 9.78. The van der Waals surface area contributed by atoms with Crippen molar-refractivity contribution in [1.29, 1.82) is 0 Å². The average molecular weight is 430 g/mol. The van der Waals surface area contributed by atoms with Crippen LogP contribution in [0.5, 0.6) is 0 Å². The summed E-state index contributed by atoms with van der Waals surface area (Å²) in [6, 6.07) is 6.26. The van der Waals surface area contributed by atoms with Crippen LogP contribution in [0, 0.1) is 5.41 Å². The number of carboxylic acid groups (broad SMARTS) is 1. The van der Waals surface area contributed by atoms with E-state index in [1.807, 2.05) is 6.92 Å². The van der Waals surface area contributed by atoms with Gasteiger partial charge >= 0.3 is 6.09 Å². The molecule has 1 aromatic carbocycles. The summed E-state index contributed by atoms with van der Waals surface area (Å²) in [6.07, 6.45) is 5.28. The van der Waals surface area contributed by atoms with Gasteiger partial charge in [0.05, 0.1) is 16.4 Å². The molecule has 1 aliphatic rings. The molecule has 1 fully saturated rings. The second-order valence-electron chi connectivity index (χ2n) is 7.69. The van der Waals surface area contributed by atoms with Crippen LogP contribution in [-0.2, 0) is 19.7 Å². The minimum absolute atomic E-state index is 0.0634. The molecule has 0 spiro atoms. The Morgan fingerprint density at radius 3 is 2.21 bits per heavy atom. The maximum Gasteiger partial charge on any atom is 0.407 e. The van der Waals surface area contributed by atoms with Gasteiger partial charge in [-0.1, -0.05) is 31.2 Å². The number of hydrogen-bond acceptors (Lipinski definition) is 5. The molecule has 1 aromatic rings. The Bertz CT molecular complexity index is 925. The number of carbonyl (C=O) groups is 1. The summed E-state index contributed by atoms with van der Waals surface area (Å²) in [4.78, 5) is 12.6. The van der Waals surface area contributed by atoms with Gasteiger partial charge in [-0.3, -0.25) is 0 Å². The summed E-state index contributed by atoms with van der Waals surface area (Å²) in [5, 5.41) is 9.01. The highest BCUT2D eigenvalue weighted by atomic mass is 32.2. The smallest absolute Gasteiger partial charge is 0.407 e. The highest BCUT2D eigenvalue weighted by Crippen LogP contribution is 2.34. The first kappa shape index (κ1) is 22.4. The minimum atomic E-state index is -3.26. The third-order valence-electron chi connectivity index (χ3n) is 5.23. The number of likely N-dealkylation sites (tertiary alicyclic amines) is 1. The topological polar surface area (TPSA) is 109 Å². The van der Waals surface area contributed by atoms with E-state index in [0.717, 1.165) is 11.8 Å². The van der Waals surface area contributed by atoms with Crippen molar-refractivity contribution in [1.82, 2.24) is 4.90 Å². The van der Waals surface area contributed by atoms with Gasteiger partial charge in [-0.2, -0.15) is 0 Å². The van der Waals surface area contributed by atoms with E-state index in [4.69, 9.17) is 5.11 Å². The number of sulfone groups is 2. The fourth-order valence-electron chi connectivity index (χ4n) is 3.13. The van der Waals surface area contributed by atoms with Gasteiger partial charge in [0.25, 0.3) is 0 Å². The SMILES string of the molecule is CC1(CCS(=O)(=O)CC=Cc2ccc(S(C)(=O)=O)cc2)CCN(C(=O)O)CC1. The van der Waals surface area contributed by atoms with Crippen LogP contribution in [0.25, 0.3) is 6.08 Å². The Morgan fingerprint density at radius 1 is 1.14 bits per heavy atom. The van der Waals surface area contributed by atoms with Gasteiger partial charge in [0, 0.05) is 19.3 Å². The monoisotopic (exact) mass is 429 g/mol. The molecule has 0 unspecified atom stereocenters. The minimum Gasteiger partial charge on any atom is -0.465 e. The molecule has 0 bridgehead atoms. The average Bonchev–Trinajstić information content (AvgIpc) is 2.60. The normalized spacial score (nSPS) is 17.7. The molecule has 0 aromatic heterocycles. The van der Waals surface area contributed by atoms with Crippen molar-refractivity contribution >= 4 is 31.8 Å². The van der Waals surface area contributed by atoms with Crippen molar-refractivity contribution in [3.63, 3.8) is 0 Å². The quantitative estimate of drug-likeness (QED) is 0.714. The molecule has 1 saturated heterocycles. The molecule has 0 aliphatic carbocycles. The Labute approximate surface area is 166 Å². The van der Waals surface area contributed by atoms with Gasteiger partial charge in [-0.05, 0) is 42.4 Å². The van der Waals surface area contributed by atoms with Crippen molar-refractivity contribution in [3.8, 4) is 0 Å². The maximum absolute atomic E-state index is 12.3. The van der Waals surface area contributed by atoms with E-state index in [2.05, 4.69) is 0 Å². The van der Waals surface area contributed by atoms with Crippen molar-refractivity contribution < 1.29 is 26.7 Å². The van der Waals surface area contributed by atoms with E-state index in [9.17, 15) is 21.6 Å². The van der Waals surface area contributed by atoms with Crippen LogP contribution < -0.4 is 0 Å². The molecule has 156 valence electrons. The molecule has 1 aliphatic heterocycles. The summed E-state index contributed by atoms with van der Waals surface area (Å²) in [7, 11) is -6.51. The number of benzene rings is 1. The fraction of sp³-hybridized carbons (Fsp3) is 0.526. The van der Waals surface area contributed by atoms with Crippen LogP contribution in [0.2, 0.25) is 0 Å². The van der Waals surface area contributed by atoms with Crippen molar-refractivity contribution in [2.75, 3.05) is 30.9 Å². The number of hydrogen-bond donors (Lipinski definition) is 1. The molecule has 28 heavy (non-hydrogen) atoms. The molecule has 0 radical (unpaired) electrons. The second kappa shape index (κ2) is 8.65. The van der Waals surface area contributed by atoms with Gasteiger partial charge in [0.15, 0.2) is 19.7 Å². The molecule has 0 atom stereocenters. The van der Waals surface area contributed by atoms with E-state index in [0.29, 0.717) is 32.4 Å². The Hall–Kier alpha value is -1.87. The molecule has 9 heteroatoms. The molecule has 0 saturated carbocycles. The van der Waals surface area contributed by atoms with E-state index in [-0.39, 0.29) is 21.8 Å². The van der Waals surface area contributed by atoms with E-state index in [1.165, 1.54) is 17.0 Å².